The predicted molar refractivity (Wildman–Crippen MR) is 102 cm³/mol. The highest BCUT2D eigenvalue weighted by atomic mass is 16.5. The Labute approximate surface area is 153 Å². The monoisotopic (exact) mass is 348 g/mol. The number of hydrogen-bond acceptors (Lipinski definition) is 3. The summed E-state index contributed by atoms with van der Waals surface area (Å²) in [6.07, 6.45) is 7.34. The van der Waals surface area contributed by atoms with Gasteiger partial charge in [-0.1, -0.05) is 45.4 Å². The minimum Gasteiger partial charge on any atom is -0.462 e. The number of rotatable bonds is 5. The third-order valence-corrected chi connectivity index (χ3v) is 6.91. The van der Waals surface area contributed by atoms with Gasteiger partial charge in [-0.05, 0) is 49.4 Å². The summed E-state index contributed by atoms with van der Waals surface area (Å²) >= 11 is 0. The first-order valence-corrected chi connectivity index (χ1v) is 9.64. The number of carbonyl (C=O) groups excluding carboxylic acids is 1. The standard InChI is InChI=1S/C22H36O3/c1-8-21(6,24)13-10-17-15(2)14-18(25-16(3)23)19-20(4,5)11-9-12-22(17,19)7/h8,17-19,24H,1-2,9-14H2,3-7H3/t17?,18-,19?,21+,22?/m0/s1. The Balaban J connectivity index is 2.35. The van der Waals surface area contributed by atoms with Crippen molar-refractivity contribution >= 4 is 5.97 Å². The number of esters is 1. The molecule has 142 valence electrons. The lowest BCUT2D eigenvalue weighted by Gasteiger charge is -2.60. The number of hydrogen-bond donors (Lipinski definition) is 1. The van der Waals surface area contributed by atoms with Crippen LogP contribution >= 0.6 is 0 Å². The molecule has 0 amide bonds. The van der Waals surface area contributed by atoms with E-state index in [1.165, 1.54) is 18.9 Å². The molecule has 1 N–H and O–H groups in total. The zero-order valence-electron chi connectivity index (χ0n) is 16.7. The Morgan fingerprint density at radius 2 is 2.04 bits per heavy atom. The largest absolute Gasteiger partial charge is 0.462 e. The van der Waals surface area contributed by atoms with E-state index in [0.29, 0.717) is 18.3 Å². The Morgan fingerprint density at radius 3 is 2.60 bits per heavy atom. The molecule has 0 radical (unpaired) electrons. The van der Waals surface area contributed by atoms with Crippen LogP contribution in [0.5, 0.6) is 0 Å². The highest BCUT2D eigenvalue weighted by Crippen LogP contribution is 2.62. The molecule has 2 fully saturated rings. The zero-order valence-corrected chi connectivity index (χ0v) is 16.7. The fourth-order valence-electron chi connectivity index (χ4n) is 5.83. The third-order valence-electron chi connectivity index (χ3n) is 6.91. The predicted octanol–water partition coefficient (Wildman–Crippen LogP) is 5.04. The second-order valence-corrected chi connectivity index (χ2v) is 9.49. The van der Waals surface area contributed by atoms with Crippen molar-refractivity contribution in [1.29, 1.82) is 0 Å². The normalized spacial score (nSPS) is 36.9. The van der Waals surface area contributed by atoms with Gasteiger partial charge in [0, 0.05) is 19.3 Å². The van der Waals surface area contributed by atoms with Crippen molar-refractivity contribution in [3.63, 3.8) is 0 Å². The molecule has 2 rings (SSSR count). The average Bonchev–Trinajstić information content (AvgIpc) is 2.44. The fourth-order valence-corrected chi connectivity index (χ4v) is 5.83. The van der Waals surface area contributed by atoms with E-state index < -0.39 is 5.60 Å². The SMILES string of the molecule is C=C[C@@](C)(O)CCC1C(=C)C[C@H](OC(C)=O)C2C(C)(C)CCCC12C. The topological polar surface area (TPSA) is 46.5 Å². The van der Waals surface area contributed by atoms with Crippen LogP contribution in [0.1, 0.15) is 73.1 Å². The van der Waals surface area contributed by atoms with Crippen LogP contribution in [-0.4, -0.2) is 22.8 Å². The summed E-state index contributed by atoms with van der Waals surface area (Å²) in [5, 5.41) is 10.4. The first-order valence-electron chi connectivity index (χ1n) is 9.64. The molecule has 5 atom stereocenters. The molecule has 0 bridgehead atoms. The maximum absolute atomic E-state index is 11.7. The highest BCUT2D eigenvalue weighted by molar-refractivity contribution is 5.66. The van der Waals surface area contributed by atoms with E-state index in [2.05, 4.69) is 33.9 Å². The van der Waals surface area contributed by atoms with Crippen LogP contribution < -0.4 is 0 Å². The number of carbonyl (C=O) groups is 1. The third kappa shape index (κ3) is 4.02. The number of fused-ring (bicyclic) bond motifs is 1. The van der Waals surface area contributed by atoms with Crippen molar-refractivity contribution in [2.24, 2.45) is 22.7 Å². The van der Waals surface area contributed by atoms with E-state index in [-0.39, 0.29) is 22.9 Å². The van der Waals surface area contributed by atoms with Gasteiger partial charge in [0.25, 0.3) is 0 Å². The van der Waals surface area contributed by atoms with Crippen LogP contribution in [0.15, 0.2) is 24.8 Å². The van der Waals surface area contributed by atoms with E-state index in [1.807, 2.05) is 6.92 Å². The quantitative estimate of drug-likeness (QED) is 0.559. The van der Waals surface area contributed by atoms with Crippen molar-refractivity contribution in [3.8, 4) is 0 Å². The fraction of sp³-hybridized carbons (Fsp3) is 0.773. The van der Waals surface area contributed by atoms with E-state index in [4.69, 9.17) is 4.74 Å². The minimum atomic E-state index is -0.844. The summed E-state index contributed by atoms with van der Waals surface area (Å²) in [5.74, 6) is 0.465. The minimum absolute atomic E-state index is 0.0500. The Bertz CT molecular complexity index is 545. The molecule has 0 saturated heterocycles. The second kappa shape index (κ2) is 6.90. The Kier molecular flexibility index (Phi) is 5.59. The summed E-state index contributed by atoms with van der Waals surface area (Å²) in [6, 6.07) is 0. The van der Waals surface area contributed by atoms with Crippen LogP contribution in [0.25, 0.3) is 0 Å². The van der Waals surface area contributed by atoms with Gasteiger partial charge in [0.2, 0.25) is 0 Å². The van der Waals surface area contributed by atoms with Gasteiger partial charge >= 0.3 is 5.97 Å². The van der Waals surface area contributed by atoms with Crippen LogP contribution in [0.2, 0.25) is 0 Å². The molecule has 0 aliphatic heterocycles. The summed E-state index contributed by atoms with van der Waals surface area (Å²) in [7, 11) is 0. The van der Waals surface area contributed by atoms with Crippen LogP contribution in [0.3, 0.4) is 0 Å². The number of aliphatic hydroxyl groups is 1. The average molecular weight is 349 g/mol. The lowest BCUT2D eigenvalue weighted by molar-refractivity contribution is -0.171. The number of ether oxygens (including phenoxy) is 1. The van der Waals surface area contributed by atoms with Gasteiger partial charge in [0.15, 0.2) is 0 Å². The molecule has 25 heavy (non-hydrogen) atoms. The van der Waals surface area contributed by atoms with E-state index >= 15 is 0 Å². The molecule has 2 saturated carbocycles. The van der Waals surface area contributed by atoms with Crippen LogP contribution in [0.4, 0.5) is 0 Å². The van der Waals surface area contributed by atoms with Gasteiger partial charge in [0.1, 0.15) is 6.10 Å². The lowest BCUT2D eigenvalue weighted by Crippen LogP contribution is -2.56. The zero-order chi connectivity index (χ0) is 19.0. The Morgan fingerprint density at radius 1 is 1.40 bits per heavy atom. The molecule has 0 heterocycles. The van der Waals surface area contributed by atoms with Crippen molar-refractivity contribution in [2.45, 2.75) is 84.8 Å². The molecule has 3 heteroatoms. The molecule has 0 aromatic rings. The lowest BCUT2D eigenvalue weighted by atomic mass is 9.46. The van der Waals surface area contributed by atoms with Gasteiger partial charge in [0.05, 0.1) is 5.60 Å². The van der Waals surface area contributed by atoms with Crippen LogP contribution in [0, 0.1) is 22.7 Å². The van der Waals surface area contributed by atoms with E-state index in [9.17, 15) is 9.90 Å². The van der Waals surface area contributed by atoms with E-state index in [1.54, 1.807) is 6.08 Å². The van der Waals surface area contributed by atoms with Crippen molar-refractivity contribution in [1.82, 2.24) is 0 Å². The summed E-state index contributed by atoms with van der Waals surface area (Å²) < 4.78 is 5.78. The van der Waals surface area contributed by atoms with Gasteiger partial charge in [-0.3, -0.25) is 4.79 Å². The summed E-state index contributed by atoms with van der Waals surface area (Å²) in [6.45, 7) is 18.4. The summed E-state index contributed by atoms with van der Waals surface area (Å²) in [4.78, 5) is 11.7. The molecular weight excluding hydrogens is 312 g/mol. The maximum Gasteiger partial charge on any atom is 0.302 e. The van der Waals surface area contributed by atoms with E-state index in [0.717, 1.165) is 25.7 Å². The highest BCUT2D eigenvalue weighted by Gasteiger charge is 2.57. The van der Waals surface area contributed by atoms with Gasteiger partial charge < -0.3 is 9.84 Å². The molecule has 0 spiro atoms. The van der Waals surface area contributed by atoms with Crippen molar-refractivity contribution < 1.29 is 14.6 Å². The van der Waals surface area contributed by atoms with Crippen LogP contribution in [-0.2, 0) is 9.53 Å². The molecule has 2 aliphatic carbocycles. The van der Waals surface area contributed by atoms with Crippen molar-refractivity contribution in [3.05, 3.63) is 24.8 Å². The Hall–Kier alpha value is -1.09. The second-order valence-electron chi connectivity index (χ2n) is 9.49. The molecule has 3 unspecified atom stereocenters. The van der Waals surface area contributed by atoms with Gasteiger partial charge in [-0.2, -0.15) is 0 Å². The van der Waals surface area contributed by atoms with Gasteiger partial charge in [-0.25, -0.2) is 0 Å². The first kappa shape index (κ1) is 20.2. The molecule has 0 aromatic carbocycles. The summed E-state index contributed by atoms with van der Waals surface area (Å²) in [5.41, 5.74) is 0.507. The molecular formula is C22H36O3. The van der Waals surface area contributed by atoms with Crippen molar-refractivity contribution in [2.75, 3.05) is 0 Å². The first-order chi connectivity index (χ1) is 11.4. The molecule has 0 aromatic heterocycles. The van der Waals surface area contributed by atoms with Gasteiger partial charge in [-0.15, -0.1) is 6.58 Å². The smallest absolute Gasteiger partial charge is 0.302 e. The maximum atomic E-state index is 11.7. The molecule has 3 nitrogen and oxygen atoms in total. The molecule has 2 aliphatic rings.